The van der Waals surface area contributed by atoms with E-state index in [-0.39, 0.29) is 12.0 Å². The topological polar surface area (TPSA) is 52.9 Å². The zero-order valence-corrected chi connectivity index (χ0v) is 11.0. The molecule has 1 N–H and O–H groups in total. The lowest BCUT2D eigenvalue weighted by Crippen LogP contribution is -2.29. The van der Waals surface area contributed by atoms with E-state index in [1.165, 1.54) is 42.5 Å². The summed E-state index contributed by atoms with van der Waals surface area (Å²) in [4.78, 5) is 11.9. The molecule has 1 amide bonds. The SMILES string of the molecule is N#C[C@@H](NC(=O)Cc1ccccc1F)c1ccc(F)cc1. The fourth-order valence-electron chi connectivity index (χ4n) is 1.87. The third-order valence-corrected chi connectivity index (χ3v) is 2.95. The third kappa shape index (κ3) is 3.86. The number of rotatable bonds is 4. The van der Waals surface area contributed by atoms with Gasteiger partial charge in [-0.2, -0.15) is 5.26 Å². The first kappa shape index (κ1) is 14.7. The van der Waals surface area contributed by atoms with Gasteiger partial charge in [0, 0.05) is 0 Å². The first-order valence-electron chi connectivity index (χ1n) is 6.28. The summed E-state index contributed by atoms with van der Waals surface area (Å²) in [5, 5.41) is 11.6. The molecule has 0 aliphatic carbocycles. The first-order valence-corrected chi connectivity index (χ1v) is 6.28. The predicted molar refractivity (Wildman–Crippen MR) is 73.0 cm³/mol. The number of carbonyl (C=O) groups excluding carboxylic acids is 1. The number of carbonyl (C=O) groups is 1. The van der Waals surface area contributed by atoms with Crippen molar-refractivity contribution >= 4 is 5.91 Å². The molecule has 106 valence electrons. The molecule has 1 atom stereocenters. The zero-order valence-electron chi connectivity index (χ0n) is 11.0. The van der Waals surface area contributed by atoms with Crippen LogP contribution in [0.4, 0.5) is 8.78 Å². The van der Waals surface area contributed by atoms with Crippen molar-refractivity contribution in [2.75, 3.05) is 0 Å². The van der Waals surface area contributed by atoms with Crippen molar-refractivity contribution in [3.63, 3.8) is 0 Å². The molecule has 0 aliphatic heterocycles. The molecule has 0 radical (unpaired) electrons. The van der Waals surface area contributed by atoms with Gasteiger partial charge in [-0.1, -0.05) is 30.3 Å². The summed E-state index contributed by atoms with van der Waals surface area (Å²) < 4.78 is 26.3. The average Bonchev–Trinajstić information content (AvgIpc) is 2.48. The molecule has 0 aromatic heterocycles. The maximum Gasteiger partial charge on any atom is 0.225 e. The van der Waals surface area contributed by atoms with Crippen molar-refractivity contribution < 1.29 is 13.6 Å². The summed E-state index contributed by atoms with van der Waals surface area (Å²) in [7, 11) is 0. The minimum atomic E-state index is -0.898. The standard InChI is InChI=1S/C16H12F2N2O/c17-13-7-5-11(6-8-13)15(10-19)20-16(21)9-12-3-1-2-4-14(12)18/h1-8,15H,9H2,(H,20,21)/t15-/m1/s1. The van der Waals surface area contributed by atoms with Crippen LogP contribution in [0.25, 0.3) is 0 Å². The highest BCUT2D eigenvalue weighted by Gasteiger charge is 2.15. The van der Waals surface area contributed by atoms with E-state index in [1.807, 2.05) is 6.07 Å². The van der Waals surface area contributed by atoms with Gasteiger partial charge < -0.3 is 5.32 Å². The normalized spacial score (nSPS) is 11.5. The minimum Gasteiger partial charge on any atom is -0.336 e. The molecular weight excluding hydrogens is 274 g/mol. The Balaban J connectivity index is 2.05. The lowest BCUT2D eigenvalue weighted by atomic mass is 10.1. The fourth-order valence-corrected chi connectivity index (χ4v) is 1.87. The summed E-state index contributed by atoms with van der Waals surface area (Å²) in [6.07, 6.45) is -0.161. The second-order valence-electron chi connectivity index (χ2n) is 4.45. The summed E-state index contributed by atoms with van der Waals surface area (Å²) in [5.74, 6) is -1.37. The van der Waals surface area contributed by atoms with E-state index in [4.69, 9.17) is 5.26 Å². The summed E-state index contributed by atoms with van der Waals surface area (Å²) in [6.45, 7) is 0. The smallest absolute Gasteiger partial charge is 0.225 e. The number of hydrogen-bond acceptors (Lipinski definition) is 2. The van der Waals surface area contributed by atoms with Crippen LogP contribution in [-0.2, 0) is 11.2 Å². The van der Waals surface area contributed by atoms with Crippen molar-refractivity contribution in [1.82, 2.24) is 5.32 Å². The van der Waals surface area contributed by atoms with Crippen LogP contribution in [0.15, 0.2) is 48.5 Å². The van der Waals surface area contributed by atoms with Crippen LogP contribution in [0.1, 0.15) is 17.2 Å². The number of hydrogen-bond donors (Lipinski definition) is 1. The highest BCUT2D eigenvalue weighted by molar-refractivity contribution is 5.79. The van der Waals surface area contributed by atoms with Crippen molar-refractivity contribution in [3.8, 4) is 6.07 Å². The Morgan fingerprint density at radius 2 is 1.81 bits per heavy atom. The van der Waals surface area contributed by atoms with E-state index < -0.39 is 23.6 Å². The summed E-state index contributed by atoms with van der Waals surface area (Å²) in [6, 6.07) is 12.2. The van der Waals surface area contributed by atoms with Crippen molar-refractivity contribution in [2.45, 2.75) is 12.5 Å². The van der Waals surface area contributed by atoms with E-state index in [0.29, 0.717) is 5.56 Å². The molecule has 0 fully saturated rings. The molecule has 2 rings (SSSR count). The lowest BCUT2D eigenvalue weighted by Gasteiger charge is -2.12. The van der Waals surface area contributed by atoms with Gasteiger partial charge in [-0.3, -0.25) is 4.79 Å². The maximum atomic E-state index is 13.4. The number of nitrogens with zero attached hydrogens (tertiary/aromatic N) is 1. The van der Waals surface area contributed by atoms with Crippen LogP contribution in [0.5, 0.6) is 0 Å². The molecule has 0 saturated carbocycles. The Labute approximate surface area is 120 Å². The number of benzene rings is 2. The van der Waals surface area contributed by atoms with Gasteiger partial charge in [0.2, 0.25) is 5.91 Å². The van der Waals surface area contributed by atoms with Crippen molar-refractivity contribution in [2.24, 2.45) is 0 Å². The molecule has 5 heteroatoms. The van der Waals surface area contributed by atoms with E-state index in [1.54, 1.807) is 6.07 Å². The Kier molecular flexibility index (Phi) is 4.62. The van der Waals surface area contributed by atoms with Crippen LogP contribution >= 0.6 is 0 Å². The van der Waals surface area contributed by atoms with Gasteiger partial charge in [-0.15, -0.1) is 0 Å². The Morgan fingerprint density at radius 1 is 1.14 bits per heavy atom. The number of nitrogens with one attached hydrogen (secondary N) is 1. The highest BCUT2D eigenvalue weighted by atomic mass is 19.1. The lowest BCUT2D eigenvalue weighted by molar-refractivity contribution is -0.120. The largest absolute Gasteiger partial charge is 0.336 e. The number of nitriles is 1. The maximum absolute atomic E-state index is 13.4. The molecule has 2 aromatic rings. The van der Waals surface area contributed by atoms with Crippen LogP contribution in [0, 0.1) is 23.0 Å². The van der Waals surface area contributed by atoms with Crippen LogP contribution in [0.2, 0.25) is 0 Å². The Bertz CT molecular complexity index is 677. The molecule has 0 saturated heterocycles. The average molecular weight is 286 g/mol. The predicted octanol–water partition coefficient (Wildman–Crippen LogP) is 2.89. The monoisotopic (exact) mass is 286 g/mol. The second kappa shape index (κ2) is 6.62. The molecular formula is C16H12F2N2O. The molecule has 0 unspecified atom stereocenters. The van der Waals surface area contributed by atoms with Crippen molar-refractivity contribution in [3.05, 3.63) is 71.3 Å². The van der Waals surface area contributed by atoms with Gasteiger partial charge in [0.15, 0.2) is 0 Å². The van der Waals surface area contributed by atoms with E-state index in [9.17, 15) is 13.6 Å². The van der Waals surface area contributed by atoms with Gasteiger partial charge >= 0.3 is 0 Å². The molecule has 21 heavy (non-hydrogen) atoms. The highest BCUT2D eigenvalue weighted by Crippen LogP contribution is 2.14. The van der Waals surface area contributed by atoms with Crippen LogP contribution < -0.4 is 5.32 Å². The molecule has 2 aromatic carbocycles. The second-order valence-corrected chi connectivity index (χ2v) is 4.45. The first-order chi connectivity index (χ1) is 10.1. The molecule has 0 aliphatic rings. The van der Waals surface area contributed by atoms with Gasteiger partial charge in [0.05, 0.1) is 12.5 Å². The molecule has 0 spiro atoms. The summed E-state index contributed by atoms with van der Waals surface area (Å²) in [5.41, 5.74) is 0.728. The number of halogens is 2. The fraction of sp³-hybridized carbons (Fsp3) is 0.125. The van der Waals surface area contributed by atoms with Crippen LogP contribution in [-0.4, -0.2) is 5.91 Å². The van der Waals surface area contributed by atoms with E-state index >= 15 is 0 Å². The Morgan fingerprint density at radius 3 is 2.43 bits per heavy atom. The van der Waals surface area contributed by atoms with Crippen molar-refractivity contribution in [1.29, 1.82) is 5.26 Å². The van der Waals surface area contributed by atoms with Gasteiger partial charge in [-0.05, 0) is 29.3 Å². The Hall–Kier alpha value is -2.74. The van der Waals surface area contributed by atoms with Gasteiger partial charge in [0.1, 0.15) is 17.7 Å². The zero-order chi connectivity index (χ0) is 15.2. The minimum absolute atomic E-state index is 0.161. The quantitative estimate of drug-likeness (QED) is 0.939. The van der Waals surface area contributed by atoms with E-state index in [2.05, 4.69) is 5.32 Å². The van der Waals surface area contributed by atoms with Gasteiger partial charge in [0.25, 0.3) is 0 Å². The van der Waals surface area contributed by atoms with Crippen LogP contribution in [0.3, 0.4) is 0 Å². The molecule has 0 heterocycles. The van der Waals surface area contributed by atoms with E-state index in [0.717, 1.165) is 0 Å². The third-order valence-electron chi connectivity index (χ3n) is 2.95. The molecule has 0 bridgehead atoms. The van der Waals surface area contributed by atoms with Gasteiger partial charge in [-0.25, -0.2) is 8.78 Å². The number of amides is 1. The molecule has 3 nitrogen and oxygen atoms in total. The summed E-state index contributed by atoms with van der Waals surface area (Å²) >= 11 is 0.